The third-order valence-electron chi connectivity index (χ3n) is 4.07. The van der Waals surface area contributed by atoms with Gasteiger partial charge in [0.15, 0.2) is 5.78 Å². The van der Waals surface area contributed by atoms with Crippen LogP contribution >= 0.6 is 0 Å². The van der Waals surface area contributed by atoms with Gasteiger partial charge in [-0.15, -0.1) is 13.2 Å². The Labute approximate surface area is 149 Å². The van der Waals surface area contributed by atoms with E-state index < -0.39 is 17.9 Å². The Morgan fingerprint density at radius 2 is 1.77 bits per heavy atom. The molecule has 0 aliphatic carbocycles. The molecule has 0 atom stereocenters. The van der Waals surface area contributed by atoms with Crippen molar-refractivity contribution in [2.75, 3.05) is 0 Å². The van der Waals surface area contributed by atoms with Gasteiger partial charge in [0.2, 0.25) is 0 Å². The number of nitrogens with one attached hydrogen (secondary N) is 1. The molecule has 1 heterocycles. The Kier molecular flexibility index (Phi) is 4.52. The normalized spacial score (nSPS) is 17.3. The third-order valence-corrected chi connectivity index (χ3v) is 4.07. The Morgan fingerprint density at radius 3 is 2.50 bits per heavy atom. The van der Waals surface area contributed by atoms with Gasteiger partial charge in [-0.1, -0.05) is 36.4 Å². The average Bonchev–Trinajstić information content (AvgIpc) is 2.52. The average molecular weight is 361 g/mol. The molecule has 0 fully saturated rings. The lowest BCUT2D eigenvalue weighted by molar-refractivity contribution is -0.274. The summed E-state index contributed by atoms with van der Waals surface area (Å²) in [5.41, 5.74) is 2.12. The van der Waals surface area contributed by atoms with Crippen LogP contribution in [-0.2, 0) is 6.42 Å². The molecule has 26 heavy (non-hydrogen) atoms. The fourth-order valence-corrected chi connectivity index (χ4v) is 3.10. The van der Waals surface area contributed by atoms with Crippen LogP contribution in [0.15, 0.2) is 54.6 Å². The molecule has 6 heteroatoms. The molecule has 0 saturated heterocycles. The number of benzene rings is 2. The highest BCUT2D eigenvalue weighted by atomic mass is 19.4. The predicted octanol–water partition coefficient (Wildman–Crippen LogP) is 4.73. The molecular weight excluding hydrogens is 343 g/mol. The van der Waals surface area contributed by atoms with Crippen molar-refractivity contribution >= 4 is 11.5 Å². The van der Waals surface area contributed by atoms with E-state index in [1.54, 1.807) is 0 Å². The van der Waals surface area contributed by atoms with Gasteiger partial charge in [0.1, 0.15) is 5.75 Å². The number of fused-ring (bicyclic) bond motifs is 1. The minimum atomic E-state index is -4.86. The molecule has 0 aromatic heterocycles. The summed E-state index contributed by atoms with van der Waals surface area (Å²) < 4.78 is 41.7. The fourth-order valence-electron chi connectivity index (χ4n) is 3.10. The monoisotopic (exact) mass is 361 g/mol. The largest absolute Gasteiger partial charge is 0.573 e. The minimum absolute atomic E-state index is 0.139. The van der Waals surface area contributed by atoms with E-state index in [0.717, 1.165) is 23.6 Å². The molecule has 1 aliphatic rings. The van der Waals surface area contributed by atoms with Crippen LogP contribution in [0.3, 0.4) is 0 Å². The van der Waals surface area contributed by atoms with Gasteiger partial charge >= 0.3 is 6.36 Å². The maximum atomic E-state index is 12.7. The van der Waals surface area contributed by atoms with Crippen molar-refractivity contribution in [3.63, 3.8) is 0 Å². The summed E-state index contributed by atoms with van der Waals surface area (Å²) in [5, 5.41) is 3.29. The number of allylic oxidation sites excluding steroid dienone is 1. The third kappa shape index (κ3) is 4.07. The SMILES string of the molecule is CC1(C)Cc2ccccc2C(=CC(=O)c2ccccc2OC(F)(F)F)N1. The summed E-state index contributed by atoms with van der Waals surface area (Å²) in [6.45, 7) is 4.00. The highest BCUT2D eigenvalue weighted by molar-refractivity contribution is 6.10. The van der Waals surface area contributed by atoms with Crippen LogP contribution in [-0.4, -0.2) is 17.7 Å². The molecule has 2 aromatic carbocycles. The van der Waals surface area contributed by atoms with Crippen molar-refractivity contribution in [2.45, 2.75) is 32.2 Å². The van der Waals surface area contributed by atoms with E-state index in [1.165, 1.54) is 24.3 Å². The zero-order valence-electron chi connectivity index (χ0n) is 14.4. The molecule has 0 radical (unpaired) electrons. The van der Waals surface area contributed by atoms with Crippen LogP contribution < -0.4 is 10.1 Å². The van der Waals surface area contributed by atoms with Crippen molar-refractivity contribution < 1.29 is 22.7 Å². The number of carbonyl (C=O) groups is 1. The number of halogens is 3. The number of carbonyl (C=O) groups excluding carboxylic acids is 1. The van der Waals surface area contributed by atoms with E-state index >= 15 is 0 Å². The van der Waals surface area contributed by atoms with Crippen molar-refractivity contribution in [2.24, 2.45) is 0 Å². The molecule has 1 N–H and O–H groups in total. The Hall–Kier alpha value is -2.76. The van der Waals surface area contributed by atoms with Gasteiger partial charge in [-0.3, -0.25) is 4.79 Å². The van der Waals surface area contributed by atoms with Crippen molar-refractivity contribution in [1.29, 1.82) is 0 Å². The minimum Gasteiger partial charge on any atom is -0.405 e. The van der Waals surface area contributed by atoms with Gasteiger partial charge in [0.05, 0.1) is 5.56 Å². The van der Waals surface area contributed by atoms with E-state index in [4.69, 9.17) is 0 Å². The van der Waals surface area contributed by atoms with Crippen LogP contribution in [0.25, 0.3) is 5.70 Å². The second-order valence-corrected chi connectivity index (χ2v) is 6.81. The lowest BCUT2D eigenvalue weighted by Crippen LogP contribution is -2.43. The van der Waals surface area contributed by atoms with E-state index in [2.05, 4.69) is 10.1 Å². The Balaban J connectivity index is 2.00. The summed E-state index contributed by atoms with van der Waals surface area (Å²) in [6.07, 6.45) is -2.75. The maximum Gasteiger partial charge on any atom is 0.573 e. The number of rotatable bonds is 3. The molecular formula is C20H18F3NO2. The molecule has 136 valence electrons. The number of ketones is 1. The highest BCUT2D eigenvalue weighted by Gasteiger charge is 2.33. The zero-order chi connectivity index (χ0) is 18.9. The second-order valence-electron chi connectivity index (χ2n) is 6.81. The molecule has 1 aliphatic heterocycles. The first-order valence-electron chi connectivity index (χ1n) is 8.12. The van der Waals surface area contributed by atoms with Gasteiger partial charge in [-0.05, 0) is 38.0 Å². The van der Waals surface area contributed by atoms with Gasteiger partial charge in [-0.25, -0.2) is 0 Å². The predicted molar refractivity (Wildman–Crippen MR) is 92.8 cm³/mol. The quantitative estimate of drug-likeness (QED) is 0.634. The molecule has 0 amide bonds. The first-order chi connectivity index (χ1) is 12.1. The van der Waals surface area contributed by atoms with Gasteiger partial charge in [0, 0.05) is 22.9 Å². The number of alkyl halides is 3. The van der Waals surface area contributed by atoms with Gasteiger partial charge in [0.25, 0.3) is 0 Å². The lowest BCUT2D eigenvalue weighted by atomic mass is 9.85. The van der Waals surface area contributed by atoms with Crippen LogP contribution in [0.4, 0.5) is 13.2 Å². The van der Waals surface area contributed by atoms with Crippen LogP contribution in [0, 0.1) is 0 Å². The molecule has 3 rings (SSSR count). The number of hydrogen-bond donors (Lipinski definition) is 1. The molecule has 2 aromatic rings. The molecule has 0 saturated carbocycles. The van der Waals surface area contributed by atoms with E-state index in [9.17, 15) is 18.0 Å². The standard InChI is InChI=1S/C20H18F3NO2/c1-19(2)12-13-7-3-4-8-14(13)16(24-19)11-17(25)15-9-5-6-10-18(15)26-20(21,22)23/h3-11,24H,12H2,1-2H3. The van der Waals surface area contributed by atoms with E-state index in [-0.39, 0.29) is 11.1 Å². The van der Waals surface area contributed by atoms with Crippen LogP contribution in [0.1, 0.15) is 35.3 Å². The summed E-state index contributed by atoms with van der Waals surface area (Å²) >= 11 is 0. The van der Waals surface area contributed by atoms with Crippen molar-refractivity contribution in [3.05, 3.63) is 71.3 Å². The topological polar surface area (TPSA) is 38.3 Å². The molecule has 3 nitrogen and oxygen atoms in total. The maximum absolute atomic E-state index is 12.7. The number of para-hydroxylation sites is 1. The van der Waals surface area contributed by atoms with E-state index in [1.807, 2.05) is 38.1 Å². The Bertz CT molecular complexity index is 869. The second kappa shape index (κ2) is 6.52. The first-order valence-corrected chi connectivity index (χ1v) is 8.12. The fraction of sp³-hybridized carbons (Fsp3) is 0.250. The van der Waals surface area contributed by atoms with Crippen molar-refractivity contribution in [1.82, 2.24) is 5.32 Å². The summed E-state index contributed by atoms with van der Waals surface area (Å²) in [4.78, 5) is 12.7. The number of ether oxygens (including phenoxy) is 1. The smallest absolute Gasteiger partial charge is 0.405 e. The van der Waals surface area contributed by atoms with Gasteiger partial charge < -0.3 is 10.1 Å². The molecule has 0 spiro atoms. The Morgan fingerprint density at radius 1 is 1.12 bits per heavy atom. The number of hydrogen-bond acceptors (Lipinski definition) is 3. The zero-order valence-corrected chi connectivity index (χ0v) is 14.4. The van der Waals surface area contributed by atoms with Crippen LogP contribution in [0.5, 0.6) is 5.75 Å². The van der Waals surface area contributed by atoms with Crippen LogP contribution in [0.2, 0.25) is 0 Å². The van der Waals surface area contributed by atoms with Crippen molar-refractivity contribution in [3.8, 4) is 5.75 Å². The first kappa shape index (κ1) is 18.0. The summed E-state index contributed by atoms with van der Waals surface area (Å²) in [5.74, 6) is -1.06. The highest BCUT2D eigenvalue weighted by Crippen LogP contribution is 2.31. The van der Waals surface area contributed by atoms with E-state index in [0.29, 0.717) is 5.70 Å². The molecule has 0 unspecified atom stereocenters. The molecule has 0 bridgehead atoms. The van der Waals surface area contributed by atoms with Gasteiger partial charge in [-0.2, -0.15) is 0 Å². The lowest BCUT2D eigenvalue weighted by Gasteiger charge is -2.35. The summed E-state index contributed by atoms with van der Waals surface area (Å²) in [6, 6.07) is 13.0. The summed E-state index contributed by atoms with van der Waals surface area (Å²) in [7, 11) is 0.